The van der Waals surface area contributed by atoms with Gasteiger partial charge in [0.15, 0.2) is 5.96 Å². The molecule has 4 rings (SSSR count). The van der Waals surface area contributed by atoms with Gasteiger partial charge in [0.25, 0.3) is 0 Å². The van der Waals surface area contributed by atoms with E-state index in [-0.39, 0.29) is 0 Å². The summed E-state index contributed by atoms with van der Waals surface area (Å²) in [4.78, 5) is 7.36. The molecule has 7 nitrogen and oxygen atoms in total. The predicted molar refractivity (Wildman–Crippen MR) is 130 cm³/mol. The standard InChI is InChI=1S/C25H39N7/c1-2-26-25(27-15-14-24-30-29-23-9-5-3-8-18-32(23)24)28-19-21-10-12-22(13-11-21)20-31-16-6-4-7-17-31/h10-13H,2-9,14-20H2,1H3,(H2,26,27,28). The lowest BCUT2D eigenvalue weighted by Gasteiger charge is -2.26. The summed E-state index contributed by atoms with van der Waals surface area (Å²) in [6, 6.07) is 8.96. The molecule has 1 aromatic heterocycles. The van der Waals surface area contributed by atoms with Crippen molar-refractivity contribution >= 4 is 5.96 Å². The molecule has 1 saturated heterocycles. The SMILES string of the molecule is CCNC(=NCc1ccc(CN2CCCCC2)cc1)NCCc1nnc2n1CCCCC2. The van der Waals surface area contributed by atoms with Gasteiger partial charge in [-0.1, -0.05) is 37.1 Å². The van der Waals surface area contributed by atoms with Crippen LogP contribution in [0, 0.1) is 0 Å². The van der Waals surface area contributed by atoms with Gasteiger partial charge in [-0.2, -0.15) is 0 Å². The fraction of sp³-hybridized carbons (Fsp3) is 0.640. The van der Waals surface area contributed by atoms with E-state index in [4.69, 9.17) is 4.99 Å². The van der Waals surface area contributed by atoms with E-state index in [1.807, 2.05) is 0 Å². The van der Waals surface area contributed by atoms with Gasteiger partial charge in [-0.3, -0.25) is 4.90 Å². The van der Waals surface area contributed by atoms with Gasteiger partial charge in [0, 0.05) is 39.0 Å². The van der Waals surface area contributed by atoms with E-state index >= 15 is 0 Å². The van der Waals surface area contributed by atoms with Crippen LogP contribution in [0.2, 0.25) is 0 Å². The number of rotatable bonds is 8. The first-order chi connectivity index (χ1) is 15.8. The Kier molecular flexibility index (Phi) is 8.54. The second-order valence-corrected chi connectivity index (χ2v) is 9.02. The Morgan fingerprint density at radius 1 is 0.906 bits per heavy atom. The molecular weight excluding hydrogens is 398 g/mol. The van der Waals surface area contributed by atoms with Crippen LogP contribution < -0.4 is 10.6 Å². The van der Waals surface area contributed by atoms with E-state index in [1.165, 1.54) is 62.7 Å². The largest absolute Gasteiger partial charge is 0.357 e. The zero-order chi connectivity index (χ0) is 22.0. The summed E-state index contributed by atoms with van der Waals surface area (Å²) in [5.41, 5.74) is 2.64. The van der Waals surface area contributed by atoms with Gasteiger partial charge in [-0.05, 0) is 56.8 Å². The number of likely N-dealkylation sites (tertiary alicyclic amines) is 1. The molecule has 0 radical (unpaired) electrons. The lowest BCUT2D eigenvalue weighted by atomic mass is 10.1. The maximum Gasteiger partial charge on any atom is 0.191 e. The Bertz CT molecular complexity index is 850. The van der Waals surface area contributed by atoms with Crippen LogP contribution in [0.5, 0.6) is 0 Å². The van der Waals surface area contributed by atoms with Crippen LogP contribution >= 0.6 is 0 Å². The minimum atomic E-state index is 0.680. The molecule has 7 heteroatoms. The Hall–Kier alpha value is -2.41. The zero-order valence-electron chi connectivity index (χ0n) is 19.7. The van der Waals surface area contributed by atoms with Gasteiger partial charge >= 0.3 is 0 Å². The highest BCUT2D eigenvalue weighted by Crippen LogP contribution is 2.15. The third kappa shape index (κ3) is 6.55. The van der Waals surface area contributed by atoms with E-state index in [2.05, 4.69) is 61.5 Å². The van der Waals surface area contributed by atoms with Crippen LogP contribution in [-0.2, 0) is 32.5 Å². The van der Waals surface area contributed by atoms with Crippen molar-refractivity contribution < 1.29 is 0 Å². The molecule has 0 saturated carbocycles. The fourth-order valence-corrected chi connectivity index (χ4v) is 4.66. The van der Waals surface area contributed by atoms with E-state index in [1.54, 1.807) is 0 Å². The lowest BCUT2D eigenvalue weighted by Crippen LogP contribution is -2.38. The van der Waals surface area contributed by atoms with Crippen LogP contribution in [0.3, 0.4) is 0 Å². The summed E-state index contributed by atoms with van der Waals surface area (Å²) >= 11 is 0. The van der Waals surface area contributed by atoms with Crippen molar-refractivity contribution in [1.29, 1.82) is 0 Å². The van der Waals surface area contributed by atoms with Gasteiger partial charge in [0.1, 0.15) is 11.6 Å². The van der Waals surface area contributed by atoms with Crippen molar-refractivity contribution in [2.45, 2.75) is 77.9 Å². The molecule has 3 heterocycles. The van der Waals surface area contributed by atoms with Gasteiger partial charge in [-0.15, -0.1) is 10.2 Å². The van der Waals surface area contributed by atoms with Crippen molar-refractivity contribution in [3.05, 3.63) is 47.0 Å². The smallest absolute Gasteiger partial charge is 0.191 e. The molecule has 0 amide bonds. The number of benzene rings is 1. The predicted octanol–water partition coefficient (Wildman–Crippen LogP) is 3.29. The normalized spacial score (nSPS) is 17.6. The second-order valence-electron chi connectivity index (χ2n) is 9.02. The average molecular weight is 438 g/mol. The summed E-state index contributed by atoms with van der Waals surface area (Å²) in [6.45, 7) is 9.03. The minimum absolute atomic E-state index is 0.680. The molecule has 0 atom stereocenters. The molecule has 0 spiro atoms. The van der Waals surface area contributed by atoms with Crippen LogP contribution in [0.4, 0.5) is 0 Å². The minimum Gasteiger partial charge on any atom is -0.357 e. The summed E-state index contributed by atoms with van der Waals surface area (Å²) in [6.07, 6.45) is 9.73. The highest BCUT2D eigenvalue weighted by Gasteiger charge is 2.14. The van der Waals surface area contributed by atoms with Crippen molar-refractivity contribution in [3.8, 4) is 0 Å². The van der Waals surface area contributed by atoms with Gasteiger partial charge in [0.2, 0.25) is 0 Å². The number of guanidine groups is 1. The quantitative estimate of drug-likeness (QED) is 0.490. The molecule has 2 aliphatic heterocycles. The number of fused-ring (bicyclic) bond motifs is 1. The molecule has 2 N–H and O–H groups in total. The van der Waals surface area contributed by atoms with E-state index in [9.17, 15) is 0 Å². The fourth-order valence-electron chi connectivity index (χ4n) is 4.66. The third-order valence-electron chi connectivity index (χ3n) is 6.47. The summed E-state index contributed by atoms with van der Waals surface area (Å²) in [5, 5.41) is 15.7. The molecule has 32 heavy (non-hydrogen) atoms. The monoisotopic (exact) mass is 437 g/mol. The summed E-state index contributed by atoms with van der Waals surface area (Å²) < 4.78 is 2.32. The van der Waals surface area contributed by atoms with E-state index in [0.717, 1.165) is 56.6 Å². The zero-order valence-corrected chi connectivity index (χ0v) is 19.7. The number of aliphatic imine (C=N–C) groups is 1. The maximum atomic E-state index is 4.79. The molecular formula is C25H39N7. The van der Waals surface area contributed by atoms with Crippen molar-refractivity contribution in [2.24, 2.45) is 4.99 Å². The highest BCUT2D eigenvalue weighted by atomic mass is 15.3. The Morgan fingerprint density at radius 3 is 2.47 bits per heavy atom. The molecule has 0 bridgehead atoms. The maximum absolute atomic E-state index is 4.79. The van der Waals surface area contributed by atoms with Crippen molar-refractivity contribution in [3.63, 3.8) is 0 Å². The van der Waals surface area contributed by atoms with Crippen LogP contribution in [0.1, 0.15) is 68.2 Å². The molecule has 1 fully saturated rings. The number of nitrogens with one attached hydrogen (secondary N) is 2. The molecule has 0 aliphatic carbocycles. The summed E-state index contributed by atoms with van der Waals surface area (Å²) in [5.74, 6) is 3.11. The highest BCUT2D eigenvalue weighted by molar-refractivity contribution is 5.79. The first-order valence-electron chi connectivity index (χ1n) is 12.5. The van der Waals surface area contributed by atoms with Crippen molar-refractivity contribution in [1.82, 2.24) is 30.3 Å². The number of piperidine rings is 1. The third-order valence-corrected chi connectivity index (χ3v) is 6.47. The second kappa shape index (κ2) is 12.0. The number of aryl methyl sites for hydroxylation is 1. The topological polar surface area (TPSA) is 70.4 Å². The van der Waals surface area contributed by atoms with Gasteiger partial charge < -0.3 is 15.2 Å². The Morgan fingerprint density at radius 2 is 1.66 bits per heavy atom. The Labute approximate surface area is 192 Å². The summed E-state index contributed by atoms with van der Waals surface area (Å²) in [7, 11) is 0. The number of nitrogens with zero attached hydrogens (tertiary/aromatic N) is 5. The average Bonchev–Trinajstić information content (AvgIpc) is 3.05. The van der Waals surface area contributed by atoms with Gasteiger partial charge in [0.05, 0.1) is 6.54 Å². The van der Waals surface area contributed by atoms with E-state index in [0.29, 0.717) is 6.54 Å². The molecule has 2 aromatic rings. The van der Waals surface area contributed by atoms with Crippen LogP contribution in [0.15, 0.2) is 29.3 Å². The van der Waals surface area contributed by atoms with Gasteiger partial charge in [-0.25, -0.2) is 4.99 Å². The molecule has 1 aromatic carbocycles. The number of aromatic nitrogens is 3. The number of hydrogen-bond acceptors (Lipinski definition) is 4. The first-order valence-corrected chi connectivity index (χ1v) is 12.5. The van der Waals surface area contributed by atoms with Crippen LogP contribution in [-0.4, -0.2) is 51.8 Å². The number of hydrogen-bond donors (Lipinski definition) is 2. The molecule has 0 unspecified atom stereocenters. The first kappa shape index (κ1) is 22.8. The molecule has 174 valence electrons. The van der Waals surface area contributed by atoms with Crippen LogP contribution in [0.25, 0.3) is 0 Å². The lowest BCUT2D eigenvalue weighted by molar-refractivity contribution is 0.221. The van der Waals surface area contributed by atoms with E-state index < -0.39 is 0 Å². The van der Waals surface area contributed by atoms with Crippen molar-refractivity contribution in [2.75, 3.05) is 26.2 Å². The molecule has 2 aliphatic rings. The Balaban J connectivity index is 1.27.